The van der Waals surface area contributed by atoms with Crippen molar-refractivity contribution >= 4 is 17.6 Å². The predicted molar refractivity (Wildman–Crippen MR) is 118 cm³/mol. The Morgan fingerprint density at radius 2 is 1.80 bits per heavy atom. The zero-order valence-electron chi connectivity index (χ0n) is 17.9. The summed E-state index contributed by atoms with van der Waals surface area (Å²) in [6.45, 7) is 7.88. The van der Waals surface area contributed by atoms with Gasteiger partial charge in [-0.15, -0.1) is 6.58 Å². The zero-order chi connectivity index (χ0) is 22.1. The number of ether oxygens (including phenoxy) is 2. The fourth-order valence-corrected chi connectivity index (χ4v) is 2.90. The Bertz CT molecular complexity index is 892. The third-order valence-electron chi connectivity index (χ3n) is 4.27. The molecule has 0 unspecified atom stereocenters. The van der Waals surface area contributed by atoms with Gasteiger partial charge in [-0.05, 0) is 50.1 Å². The first-order valence-electron chi connectivity index (χ1n) is 9.68. The highest BCUT2D eigenvalue weighted by atomic mass is 16.5. The summed E-state index contributed by atoms with van der Waals surface area (Å²) in [4.78, 5) is 24.4. The van der Waals surface area contributed by atoms with Crippen molar-refractivity contribution in [2.45, 2.75) is 32.9 Å². The van der Waals surface area contributed by atoms with Gasteiger partial charge in [0.2, 0.25) is 0 Å². The fourth-order valence-electron chi connectivity index (χ4n) is 2.90. The van der Waals surface area contributed by atoms with E-state index in [0.29, 0.717) is 35.7 Å². The molecule has 160 valence electrons. The largest absolute Gasteiger partial charge is 0.493 e. The topological polar surface area (TPSA) is 88.7 Å². The van der Waals surface area contributed by atoms with Gasteiger partial charge in [0.25, 0.3) is 5.91 Å². The van der Waals surface area contributed by atoms with Crippen LogP contribution in [0.2, 0.25) is 0 Å². The standard InChI is InChI=1S/C23H29N3O4/c1-6-7-17-12-18(13-20(29-4)21(17)30-5)22(27)24-14-16-8-10-19(11-9-16)26-23(28)25-15(2)3/h6,8-13,15H,1,7,14H2,2-5H3,(H,24,27)(H2,25,26,28). The third kappa shape index (κ3) is 6.27. The molecule has 3 amide bonds. The second-order valence-electron chi connectivity index (χ2n) is 7.00. The fraction of sp³-hybridized carbons (Fsp3) is 0.304. The van der Waals surface area contributed by atoms with E-state index in [1.807, 2.05) is 26.0 Å². The van der Waals surface area contributed by atoms with Crippen LogP contribution in [0.5, 0.6) is 11.5 Å². The summed E-state index contributed by atoms with van der Waals surface area (Å²) in [6, 6.07) is 10.5. The molecule has 0 saturated carbocycles. The van der Waals surface area contributed by atoms with Crippen LogP contribution in [-0.2, 0) is 13.0 Å². The zero-order valence-corrected chi connectivity index (χ0v) is 17.9. The van der Waals surface area contributed by atoms with Gasteiger partial charge in [-0.3, -0.25) is 4.79 Å². The molecule has 0 aliphatic rings. The van der Waals surface area contributed by atoms with E-state index in [1.165, 1.54) is 7.11 Å². The van der Waals surface area contributed by atoms with Crippen molar-refractivity contribution in [3.63, 3.8) is 0 Å². The summed E-state index contributed by atoms with van der Waals surface area (Å²) in [6.07, 6.45) is 2.30. The van der Waals surface area contributed by atoms with E-state index in [9.17, 15) is 9.59 Å². The lowest BCUT2D eigenvalue weighted by atomic mass is 10.0. The number of carbonyl (C=O) groups is 2. The Labute approximate surface area is 177 Å². The van der Waals surface area contributed by atoms with Crippen molar-refractivity contribution in [2.75, 3.05) is 19.5 Å². The number of hydrogen-bond donors (Lipinski definition) is 3. The van der Waals surface area contributed by atoms with E-state index in [-0.39, 0.29) is 18.0 Å². The van der Waals surface area contributed by atoms with Gasteiger partial charge in [-0.2, -0.15) is 0 Å². The number of benzene rings is 2. The maximum Gasteiger partial charge on any atom is 0.319 e. The maximum absolute atomic E-state index is 12.7. The summed E-state index contributed by atoms with van der Waals surface area (Å²) >= 11 is 0. The number of anilines is 1. The first kappa shape index (κ1) is 22.8. The minimum atomic E-state index is -0.255. The molecule has 3 N–H and O–H groups in total. The Hall–Kier alpha value is -3.48. The van der Waals surface area contributed by atoms with E-state index in [1.54, 1.807) is 37.5 Å². The number of rotatable bonds is 9. The van der Waals surface area contributed by atoms with Crippen LogP contribution in [0, 0.1) is 0 Å². The quantitative estimate of drug-likeness (QED) is 0.546. The third-order valence-corrected chi connectivity index (χ3v) is 4.27. The van der Waals surface area contributed by atoms with Gasteiger partial charge in [0.05, 0.1) is 14.2 Å². The van der Waals surface area contributed by atoms with E-state index in [2.05, 4.69) is 22.5 Å². The van der Waals surface area contributed by atoms with Crippen LogP contribution in [0.25, 0.3) is 0 Å². The molecule has 2 aromatic carbocycles. The Balaban J connectivity index is 2.04. The molecule has 2 rings (SSSR count). The van der Waals surface area contributed by atoms with Gasteiger partial charge in [-0.1, -0.05) is 18.2 Å². The summed E-state index contributed by atoms with van der Waals surface area (Å²) in [5.74, 6) is 0.871. The van der Waals surface area contributed by atoms with E-state index >= 15 is 0 Å². The first-order chi connectivity index (χ1) is 14.4. The van der Waals surface area contributed by atoms with Crippen molar-refractivity contribution in [3.8, 4) is 11.5 Å². The minimum Gasteiger partial charge on any atom is -0.493 e. The Morgan fingerprint density at radius 1 is 1.10 bits per heavy atom. The van der Waals surface area contributed by atoms with Gasteiger partial charge < -0.3 is 25.4 Å². The van der Waals surface area contributed by atoms with Crippen molar-refractivity contribution in [2.24, 2.45) is 0 Å². The van der Waals surface area contributed by atoms with Gasteiger partial charge in [-0.25, -0.2) is 4.79 Å². The highest BCUT2D eigenvalue weighted by Crippen LogP contribution is 2.33. The van der Waals surface area contributed by atoms with Gasteiger partial charge in [0, 0.05) is 29.4 Å². The average Bonchev–Trinajstić information content (AvgIpc) is 2.72. The van der Waals surface area contributed by atoms with Crippen LogP contribution >= 0.6 is 0 Å². The molecule has 0 aliphatic heterocycles. The lowest BCUT2D eigenvalue weighted by molar-refractivity contribution is 0.0950. The van der Waals surface area contributed by atoms with Crippen molar-refractivity contribution < 1.29 is 19.1 Å². The second-order valence-corrected chi connectivity index (χ2v) is 7.00. The molecule has 2 aromatic rings. The van der Waals surface area contributed by atoms with Crippen LogP contribution < -0.4 is 25.4 Å². The molecule has 0 bridgehead atoms. The van der Waals surface area contributed by atoms with Gasteiger partial charge in [0.1, 0.15) is 0 Å². The minimum absolute atomic E-state index is 0.0584. The van der Waals surface area contributed by atoms with E-state index in [0.717, 1.165) is 11.1 Å². The molecule has 0 aliphatic carbocycles. The molecule has 0 radical (unpaired) electrons. The number of hydrogen-bond acceptors (Lipinski definition) is 4. The van der Waals surface area contributed by atoms with E-state index in [4.69, 9.17) is 9.47 Å². The van der Waals surface area contributed by atoms with Crippen molar-refractivity contribution in [1.29, 1.82) is 0 Å². The Morgan fingerprint density at radius 3 is 2.37 bits per heavy atom. The van der Waals surface area contributed by atoms with Crippen molar-refractivity contribution in [3.05, 3.63) is 65.7 Å². The van der Waals surface area contributed by atoms with Crippen molar-refractivity contribution in [1.82, 2.24) is 10.6 Å². The summed E-state index contributed by atoms with van der Waals surface area (Å²) < 4.78 is 10.8. The van der Waals surface area contributed by atoms with Crippen LogP contribution in [-0.4, -0.2) is 32.2 Å². The molecular formula is C23H29N3O4. The van der Waals surface area contributed by atoms with Gasteiger partial charge in [0.15, 0.2) is 11.5 Å². The van der Waals surface area contributed by atoms with Crippen LogP contribution in [0.15, 0.2) is 49.1 Å². The monoisotopic (exact) mass is 411 g/mol. The normalized spacial score (nSPS) is 10.3. The molecule has 0 heterocycles. The summed E-state index contributed by atoms with van der Waals surface area (Å²) in [5, 5.41) is 8.42. The predicted octanol–water partition coefficient (Wildman–Crippen LogP) is 3.89. The highest BCUT2D eigenvalue weighted by Gasteiger charge is 2.15. The van der Waals surface area contributed by atoms with Crippen LogP contribution in [0.1, 0.15) is 35.3 Å². The second kappa shape index (κ2) is 10.9. The average molecular weight is 412 g/mol. The van der Waals surface area contributed by atoms with Gasteiger partial charge >= 0.3 is 6.03 Å². The number of urea groups is 1. The molecule has 7 nitrogen and oxygen atoms in total. The SMILES string of the molecule is C=CCc1cc(C(=O)NCc2ccc(NC(=O)NC(C)C)cc2)cc(OC)c1OC. The smallest absolute Gasteiger partial charge is 0.319 e. The first-order valence-corrected chi connectivity index (χ1v) is 9.68. The molecule has 0 spiro atoms. The highest BCUT2D eigenvalue weighted by molar-refractivity contribution is 5.95. The molecule has 0 atom stereocenters. The Kier molecular flexibility index (Phi) is 8.29. The van der Waals surface area contributed by atoms with Crippen LogP contribution in [0.3, 0.4) is 0 Å². The number of carbonyl (C=O) groups excluding carboxylic acids is 2. The molecule has 7 heteroatoms. The molecule has 0 aromatic heterocycles. The molecule has 0 saturated heterocycles. The number of allylic oxidation sites excluding steroid dienone is 1. The number of amides is 3. The van der Waals surface area contributed by atoms with E-state index < -0.39 is 0 Å². The lowest BCUT2D eigenvalue weighted by Gasteiger charge is -2.14. The molecular weight excluding hydrogens is 382 g/mol. The number of methoxy groups -OCH3 is 2. The lowest BCUT2D eigenvalue weighted by Crippen LogP contribution is -2.34. The summed E-state index contributed by atoms with van der Waals surface area (Å²) in [5.41, 5.74) is 2.89. The molecule has 0 fully saturated rings. The summed E-state index contributed by atoms with van der Waals surface area (Å²) in [7, 11) is 3.10. The number of nitrogens with one attached hydrogen (secondary N) is 3. The maximum atomic E-state index is 12.7. The van der Waals surface area contributed by atoms with Crippen LogP contribution in [0.4, 0.5) is 10.5 Å². The molecule has 30 heavy (non-hydrogen) atoms.